The Morgan fingerprint density at radius 3 is 2.89 bits per heavy atom. The van der Waals surface area contributed by atoms with E-state index >= 15 is 0 Å². The lowest BCUT2D eigenvalue weighted by molar-refractivity contribution is 0.580. The highest BCUT2D eigenvalue weighted by Gasteiger charge is 2.11. The zero-order valence-electron chi connectivity index (χ0n) is 11.0. The maximum Gasteiger partial charge on any atom is 0.0860 e. The van der Waals surface area contributed by atoms with Crippen LogP contribution < -0.4 is 5.32 Å². The normalized spacial score (nSPS) is 11.2. The van der Waals surface area contributed by atoms with Crippen molar-refractivity contribution in [2.24, 2.45) is 0 Å². The second-order valence-electron chi connectivity index (χ2n) is 4.29. The first-order chi connectivity index (χ1) is 9.11. The highest BCUT2D eigenvalue weighted by Crippen LogP contribution is 2.22. The molecule has 0 aliphatic rings. The van der Waals surface area contributed by atoms with Crippen LogP contribution in [0.1, 0.15) is 23.2 Å². The van der Waals surface area contributed by atoms with Crippen molar-refractivity contribution in [3.8, 4) is 0 Å². The molecule has 1 N–H and O–H groups in total. The van der Waals surface area contributed by atoms with Crippen LogP contribution >= 0.6 is 38.9 Å². The van der Waals surface area contributed by atoms with Gasteiger partial charge in [-0.05, 0) is 48.3 Å². The SMILES string of the molecule is CCn1nc(C)c(Cl)c1CNCCc1ccc(Br)s1. The summed E-state index contributed by atoms with van der Waals surface area (Å²) in [5.41, 5.74) is 1.98. The Hall–Kier alpha value is -0.360. The van der Waals surface area contributed by atoms with Crippen molar-refractivity contribution in [1.29, 1.82) is 0 Å². The Morgan fingerprint density at radius 2 is 2.26 bits per heavy atom. The second-order valence-corrected chi connectivity index (χ2v) is 7.22. The van der Waals surface area contributed by atoms with Crippen molar-refractivity contribution in [3.05, 3.63) is 37.2 Å². The van der Waals surface area contributed by atoms with E-state index in [2.05, 4.69) is 45.4 Å². The van der Waals surface area contributed by atoms with Crippen molar-refractivity contribution < 1.29 is 0 Å². The highest BCUT2D eigenvalue weighted by molar-refractivity contribution is 9.11. The molecule has 0 spiro atoms. The molecule has 6 heteroatoms. The largest absolute Gasteiger partial charge is 0.311 e. The van der Waals surface area contributed by atoms with Crippen LogP contribution in [0, 0.1) is 6.92 Å². The second kappa shape index (κ2) is 6.88. The number of aryl methyl sites for hydroxylation is 2. The summed E-state index contributed by atoms with van der Waals surface area (Å²) in [5.74, 6) is 0. The predicted octanol–water partition coefficient (Wildman–Crippen LogP) is 4.02. The van der Waals surface area contributed by atoms with Crippen LogP contribution in [0.15, 0.2) is 15.9 Å². The summed E-state index contributed by atoms with van der Waals surface area (Å²) >= 11 is 11.5. The van der Waals surface area contributed by atoms with Gasteiger partial charge in [-0.25, -0.2) is 0 Å². The van der Waals surface area contributed by atoms with Crippen LogP contribution in [0.25, 0.3) is 0 Å². The molecular weight excluding hydrogens is 346 g/mol. The van der Waals surface area contributed by atoms with E-state index in [4.69, 9.17) is 11.6 Å². The zero-order valence-corrected chi connectivity index (χ0v) is 14.2. The first-order valence-electron chi connectivity index (χ1n) is 6.28. The molecule has 19 heavy (non-hydrogen) atoms. The lowest BCUT2D eigenvalue weighted by Gasteiger charge is -2.07. The number of rotatable bonds is 6. The average Bonchev–Trinajstić information content (AvgIpc) is 2.92. The van der Waals surface area contributed by atoms with Crippen LogP contribution in [0.3, 0.4) is 0 Å². The fourth-order valence-corrected chi connectivity index (χ4v) is 3.63. The van der Waals surface area contributed by atoms with E-state index in [1.54, 1.807) is 11.3 Å². The number of thiophene rings is 1. The molecule has 0 atom stereocenters. The smallest absolute Gasteiger partial charge is 0.0860 e. The molecule has 2 aromatic heterocycles. The third kappa shape index (κ3) is 3.81. The van der Waals surface area contributed by atoms with E-state index in [0.717, 1.165) is 42.5 Å². The van der Waals surface area contributed by atoms with E-state index in [9.17, 15) is 0 Å². The fraction of sp³-hybridized carbons (Fsp3) is 0.462. The predicted molar refractivity (Wildman–Crippen MR) is 85.1 cm³/mol. The van der Waals surface area contributed by atoms with Gasteiger partial charge in [0.1, 0.15) is 0 Å². The van der Waals surface area contributed by atoms with Gasteiger partial charge in [-0.2, -0.15) is 5.10 Å². The summed E-state index contributed by atoms with van der Waals surface area (Å²) < 4.78 is 3.15. The van der Waals surface area contributed by atoms with Crippen molar-refractivity contribution >= 4 is 38.9 Å². The Bertz CT molecular complexity index is 550. The molecule has 0 saturated heterocycles. The Balaban J connectivity index is 1.85. The van der Waals surface area contributed by atoms with E-state index < -0.39 is 0 Å². The quantitative estimate of drug-likeness (QED) is 0.787. The summed E-state index contributed by atoms with van der Waals surface area (Å²) in [5, 5.41) is 8.63. The molecular formula is C13H17BrClN3S. The number of halogens is 2. The van der Waals surface area contributed by atoms with Gasteiger partial charge in [0.25, 0.3) is 0 Å². The monoisotopic (exact) mass is 361 g/mol. The first kappa shape index (κ1) is 15.0. The van der Waals surface area contributed by atoms with E-state index in [0.29, 0.717) is 0 Å². The minimum Gasteiger partial charge on any atom is -0.311 e. The van der Waals surface area contributed by atoms with Gasteiger partial charge >= 0.3 is 0 Å². The Labute approximate surface area is 131 Å². The Kier molecular flexibility index (Phi) is 5.45. The molecule has 0 saturated carbocycles. The summed E-state index contributed by atoms with van der Waals surface area (Å²) in [4.78, 5) is 1.38. The fourth-order valence-electron chi connectivity index (χ4n) is 1.94. The zero-order chi connectivity index (χ0) is 13.8. The molecule has 2 rings (SSSR count). The lowest BCUT2D eigenvalue weighted by atomic mass is 10.3. The van der Waals surface area contributed by atoms with Crippen molar-refractivity contribution in [2.45, 2.75) is 33.4 Å². The lowest BCUT2D eigenvalue weighted by Crippen LogP contribution is -2.19. The summed E-state index contributed by atoms with van der Waals surface area (Å²) in [6.07, 6.45) is 1.03. The topological polar surface area (TPSA) is 29.9 Å². The standard InChI is InChI=1S/C13H17BrClN3S/c1-3-18-11(13(15)9(2)17-18)8-16-7-6-10-4-5-12(14)19-10/h4-5,16H,3,6-8H2,1-2H3. The molecule has 0 bridgehead atoms. The van der Waals surface area contributed by atoms with Crippen molar-refractivity contribution in [3.63, 3.8) is 0 Å². The minimum atomic E-state index is 0.764. The third-order valence-corrected chi connectivity index (χ3v) is 5.10. The maximum absolute atomic E-state index is 6.26. The molecule has 0 aliphatic carbocycles. The van der Waals surface area contributed by atoms with Gasteiger partial charge in [0.15, 0.2) is 0 Å². The molecule has 0 aliphatic heterocycles. The van der Waals surface area contributed by atoms with Gasteiger partial charge in [-0.1, -0.05) is 11.6 Å². The molecule has 104 valence electrons. The molecule has 0 aromatic carbocycles. The summed E-state index contributed by atoms with van der Waals surface area (Å²) in [6, 6.07) is 4.25. The number of nitrogens with zero attached hydrogens (tertiary/aromatic N) is 2. The van der Waals surface area contributed by atoms with Crippen LogP contribution in [0.4, 0.5) is 0 Å². The van der Waals surface area contributed by atoms with Gasteiger partial charge in [-0.15, -0.1) is 11.3 Å². The van der Waals surface area contributed by atoms with Gasteiger partial charge in [0.2, 0.25) is 0 Å². The summed E-state index contributed by atoms with van der Waals surface area (Å²) in [6.45, 7) is 6.58. The molecule has 3 nitrogen and oxygen atoms in total. The Morgan fingerprint density at radius 1 is 1.47 bits per heavy atom. The molecule has 2 aromatic rings. The van der Waals surface area contributed by atoms with E-state index in [1.807, 2.05) is 11.6 Å². The van der Waals surface area contributed by atoms with Crippen molar-refractivity contribution in [2.75, 3.05) is 6.54 Å². The maximum atomic E-state index is 6.26. The third-order valence-electron chi connectivity index (χ3n) is 2.92. The van der Waals surface area contributed by atoms with E-state index in [1.165, 1.54) is 8.66 Å². The van der Waals surface area contributed by atoms with Crippen LogP contribution in [-0.2, 0) is 19.5 Å². The average molecular weight is 363 g/mol. The van der Waals surface area contributed by atoms with Crippen LogP contribution in [-0.4, -0.2) is 16.3 Å². The van der Waals surface area contributed by atoms with E-state index in [-0.39, 0.29) is 0 Å². The highest BCUT2D eigenvalue weighted by atomic mass is 79.9. The van der Waals surface area contributed by atoms with Crippen molar-refractivity contribution in [1.82, 2.24) is 15.1 Å². The number of nitrogens with one attached hydrogen (secondary N) is 1. The number of aromatic nitrogens is 2. The van der Waals surface area contributed by atoms with Gasteiger partial charge in [-0.3, -0.25) is 4.68 Å². The molecule has 0 unspecified atom stereocenters. The van der Waals surface area contributed by atoms with Gasteiger partial charge in [0.05, 0.1) is 20.2 Å². The van der Waals surface area contributed by atoms with Gasteiger partial charge in [0, 0.05) is 24.5 Å². The molecule has 0 radical (unpaired) electrons. The number of hydrogen-bond acceptors (Lipinski definition) is 3. The summed E-state index contributed by atoms with van der Waals surface area (Å²) in [7, 11) is 0. The minimum absolute atomic E-state index is 0.764. The number of hydrogen-bond donors (Lipinski definition) is 1. The molecule has 0 fully saturated rings. The van der Waals surface area contributed by atoms with Gasteiger partial charge < -0.3 is 5.32 Å². The molecule has 0 amide bonds. The van der Waals surface area contributed by atoms with Crippen LogP contribution in [0.5, 0.6) is 0 Å². The van der Waals surface area contributed by atoms with Crippen LogP contribution in [0.2, 0.25) is 5.02 Å². The first-order valence-corrected chi connectivity index (χ1v) is 8.27. The molecule has 2 heterocycles.